The molecule has 0 amide bonds. The van der Waals surface area contributed by atoms with Crippen LogP contribution in [-0.2, 0) is 0 Å². The number of thiophene rings is 1. The molecule has 8 nitrogen and oxygen atoms in total. The van der Waals surface area contributed by atoms with Crippen LogP contribution in [0.4, 0.5) is 0 Å². The van der Waals surface area contributed by atoms with Gasteiger partial charge in [-0.05, 0) is 217 Å². The fourth-order valence-electron chi connectivity index (χ4n) is 22.7. The molecule has 30 aromatic rings. The van der Waals surface area contributed by atoms with Crippen molar-refractivity contribution >= 4 is 141 Å². The average molecular weight is 1930 g/mol. The molecule has 0 saturated carbocycles. The first-order valence-corrected chi connectivity index (χ1v) is 51.9. The van der Waals surface area contributed by atoms with Crippen LogP contribution in [-0.4, -0.2) is 37.8 Å². The Morgan fingerprint density at radius 2 is 0.373 bits per heavy atom. The van der Waals surface area contributed by atoms with Gasteiger partial charge in [-0.25, -0.2) is 15.0 Å². The van der Waals surface area contributed by atoms with E-state index in [2.05, 4.69) is 520 Å². The molecule has 23 aromatic carbocycles. The molecule has 0 saturated heterocycles. The second-order valence-corrected chi connectivity index (χ2v) is 39.4. The Morgan fingerprint density at radius 1 is 0.133 bits per heavy atom. The first-order valence-electron chi connectivity index (χ1n) is 51.1. The molecule has 30 rings (SSSR count). The maximum atomic E-state index is 4.98. The molecule has 0 spiro atoms. The third kappa shape index (κ3) is 15.6. The van der Waals surface area contributed by atoms with E-state index < -0.39 is 0 Å². The van der Waals surface area contributed by atoms with Gasteiger partial charge in [-0.15, -0.1) is 11.3 Å². The van der Waals surface area contributed by atoms with Gasteiger partial charge in [-0.1, -0.05) is 419 Å². The van der Waals surface area contributed by atoms with E-state index in [1.54, 1.807) is 0 Å². The Kier molecular flexibility index (Phi) is 22.0. The lowest BCUT2D eigenvalue weighted by molar-refractivity contribution is 1.07. The molecule has 0 bridgehead atoms. The molecule has 9 heteroatoms. The van der Waals surface area contributed by atoms with Gasteiger partial charge in [-0.3, -0.25) is 0 Å². The topological polar surface area (TPSA) is 63.3 Å². The third-order valence-electron chi connectivity index (χ3n) is 29.7. The van der Waals surface area contributed by atoms with Gasteiger partial charge in [0.25, 0.3) is 0 Å². The number of nitrogens with zero attached hydrogens (tertiary/aromatic N) is 8. The van der Waals surface area contributed by atoms with E-state index in [1.807, 2.05) is 72.0 Å². The number of benzene rings is 23. The Balaban J connectivity index is 0.000000114. The van der Waals surface area contributed by atoms with Crippen LogP contribution in [0, 0.1) is 0 Å². The second kappa shape index (κ2) is 37.5. The summed E-state index contributed by atoms with van der Waals surface area (Å²) in [6, 6.07) is 200. The fourth-order valence-corrected chi connectivity index (χ4v) is 24.1. The molecule has 0 radical (unpaired) electrons. The van der Waals surface area contributed by atoms with Crippen LogP contribution in [0.2, 0.25) is 0 Å². The Hall–Kier alpha value is -19.7. The number of para-hydroxylation sites is 7. The first kappa shape index (κ1) is 88.0. The van der Waals surface area contributed by atoms with Crippen molar-refractivity contribution in [3.8, 4) is 140 Å². The number of hydrogen-bond acceptors (Lipinski definition) is 4. The van der Waals surface area contributed by atoms with Crippen LogP contribution in [0.5, 0.6) is 0 Å². The Labute approximate surface area is 873 Å². The monoisotopic (exact) mass is 1930 g/mol. The van der Waals surface area contributed by atoms with Crippen LogP contribution in [0.25, 0.3) is 270 Å². The highest BCUT2D eigenvalue weighted by atomic mass is 32.1. The maximum Gasteiger partial charge on any atom is 0.164 e. The van der Waals surface area contributed by atoms with Crippen molar-refractivity contribution in [3.05, 3.63) is 558 Å². The number of aromatic nitrogens is 8. The zero-order chi connectivity index (χ0) is 99.1. The molecule has 7 heterocycles. The molecule has 0 aliphatic heterocycles. The van der Waals surface area contributed by atoms with Crippen LogP contribution in [0.15, 0.2) is 558 Å². The van der Waals surface area contributed by atoms with Gasteiger partial charge in [0.15, 0.2) is 17.5 Å². The summed E-state index contributed by atoms with van der Waals surface area (Å²) < 4.78 is 14.6. The van der Waals surface area contributed by atoms with Crippen molar-refractivity contribution in [2.24, 2.45) is 0 Å². The summed E-state index contributed by atoms with van der Waals surface area (Å²) in [4.78, 5) is 14.8. The minimum absolute atomic E-state index is 0. The smallest absolute Gasteiger partial charge is 0.164 e. The lowest BCUT2D eigenvalue weighted by Gasteiger charge is -2.12. The van der Waals surface area contributed by atoms with E-state index in [0.717, 1.165) is 39.3 Å². The van der Waals surface area contributed by atoms with Gasteiger partial charge in [0.2, 0.25) is 0 Å². The summed E-state index contributed by atoms with van der Waals surface area (Å²) in [5, 5.41) is 15.2. The molecule has 0 atom stereocenters. The summed E-state index contributed by atoms with van der Waals surface area (Å²) in [7, 11) is 0. The summed E-state index contributed by atoms with van der Waals surface area (Å²) in [5.41, 5.74) is 37.8. The minimum atomic E-state index is 0. The van der Waals surface area contributed by atoms with E-state index in [4.69, 9.17) is 15.0 Å². The highest BCUT2D eigenvalue weighted by Gasteiger charge is 2.26. The lowest BCUT2D eigenvalue weighted by Crippen LogP contribution is -2.00. The average Bonchev–Trinajstić information content (AvgIpc) is 1.54. The van der Waals surface area contributed by atoms with Crippen molar-refractivity contribution in [3.63, 3.8) is 0 Å². The first-order chi connectivity index (χ1) is 74.4. The molecule has 706 valence electrons. The van der Waals surface area contributed by atoms with Crippen molar-refractivity contribution in [2.75, 3.05) is 0 Å². The van der Waals surface area contributed by atoms with Gasteiger partial charge in [0.05, 0.1) is 55.2 Å². The summed E-state index contributed by atoms with van der Waals surface area (Å²) in [5.74, 6) is 1.97. The number of fused-ring (bicyclic) bond motifs is 19. The summed E-state index contributed by atoms with van der Waals surface area (Å²) in [6.07, 6.45) is 0. The predicted molar refractivity (Wildman–Crippen MR) is 636 cm³/mol. The quantitative estimate of drug-likeness (QED) is 0.103. The zero-order valence-corrected chi connectivity index (χ0v) is 82.4. The minimum Gasteiger partial charge on any atom is -0.309 e. The highest BCUT2D eigenvalue weighted by Crippen LogP contribution is 2.49. The highest BCUT2D eigenvalue weighted by molar-refractivity contribution is 7.27. The van der Waals surface area contributed by atoms with Gasteiger partial charge >= 0.3 is 0 Å². The maximum absolute atomic E-state index is 4.98. The van der Waals surface area contributed by atoms with Crippen LogP contribution in [0.1, 0.15) is 2.85 Å². The van der Waals surface area contributed by atoms with Crippen molar-refractivity contribution < 1.29 is 2.85 Å². The Morgan fingerprint density at radius 3 is 0.820 bits per heavy atom. The van der Waals surface area contributed by atoms with E-state index in [1.165, 1.54) is 213 Å². The van der Waals surface area contributed by atoms with Gasteiger partial charge in [0.1, 0.15) is 0 Å². The van der Waals surface area contributed by atoms with Gasteiger partial charge in [-0.2, -0.15) is 0 Å². The molecule has 7 aromatic heterocycles. The number of hydrogen-bond donors (Lipinski definition) is 0. The van der Waals surface area contributed by atoms with E-state index in [-0.39, 0.29) is 2.85 Å². The zero-order valence-electron chi connectivity index (χ0n) is 81.6. The van der Waals surface area contributed by atoms with E-state index in [9.17, 15) is 0 Å². The van der Waals surface area contributed by atoms with E-state index in [0.29, 0.717) is 17.5 Å². The molecule has 0 N–H and O–H groups in total. The molecular formula is C141H96N8S. The second-order valence-electron chi connectivity index (χ2n) is 38.4. The van der Waals surface area contributed by atoms with E-state index >= 15 is 0 Å². The standard InChI is InChI=1S/C48H31N3.C48H32N2.C45H29N3S.2H2/c1-3-13-34(14-4-1)49-43-20-10-7-17-37(43)40-29-32(23-26-46(40)49)33-24-27-47-41(30-33)38-18-8-12-22-45(38)51(47)36-25-28-48-42(31-36)39-19-9-11-21-44(39)50(48)35-15-5-2-6-16-35;1-3-12-33(13-4-1)35-22-24-37(25-23-35)38-16-11-17-40(32-38)50-44-21-10-8-19-42(44)48-46(50)31-30-45-47(48)41-18-7-9-20-43(41)49(45)39-28-26-36(27-29-39)34-14-5-2-6-15-34;1-4-13-30(14-5-1)31-25-27-32(28-26-31)37-21-11-23-39-40-24-12-22-38(42(40)49-41(37)39)35-19-10-20-36(29-35)45-47-43(33-15-6-2-7-16-33)46-44(48-45)34-17-8-3-9-18-34;;/h1-31H;1-32H;1-29H;2*1H. The molecular weight excluding hydrogens is 1840 g/mol. The molecule has 150 heavy (non-hydrogen) atoms. The van der Waals surface area contributed by atoms with Crippen LogP contribution < -0.4 is 0 Å². The summed E-state index contributed by atoms with van der Waals surface area (Å²) in [6.45, 7) is 0. The van der Waals surface area contributed by atoms with Crippen molar-refractivity contribution in [2.45, 2.75) is 0 Å². The predicted octanol–water partition coefficient (Wildman–Crippen LogP) is 38.3. The van der Waals surface area contributed by atoms with Gasteiger partial charge < -0.3 is 22.8 Å². The van der Waals surface area contributed by atoms with Crippen LogP contribution in [0.3, 0.4) is 0 Å². The molecule has 0 aliphatic carbocycles. The largest absolute Gasteiger partial charge is 0.309 e. The molecule has 0 fully saturated rings. The Bertz CT molecular complexity index is 10400. The fraction of sp³-hybridized carbons (Fsp3) is 0. The van der Waals surface area contributed by atoms with Gasteiger partial charge in [0, 0.05) is 122 Å². The van der Waals surface area contributed by atoms with Crippen molar-refractivity contribution in [1.82, 2.24) is 37.8 Å². The SMILES string of the molecule is [HH].[HH].c1ccc(-c2ccc(-c3cccc(-n4c5ccccc5c5c6c7ccccc7n(-c7ccc(-c8ccccc8)cc7)c6ccc54)c3)cc2)cc1.c1ccc(-c2ccc(-c3cccc4c3sc3c(-c5cccc(-c6nc(-c7ccccc7)nc(-c7ccccc7)n6)c5)cccc34)cc2)cc1.c1ccc(-n2c3ccccc3c3cc(-c4ccc5c(c4)c4ccccc4n5-c4ccc5c(c4)c4ccccc4n5-c4ccccc4)ccc32)cc1. The van der Waals surface area contributed by atoms with Crippen LogP contribution >= 0.6 is 11.3 Å². The van der Waals surface area contributed by atoms with Crippen molar-refractivity contribution in [1.29, 1.82) is 0 Å². The normalized spacial score (nSPS) is 11.6. The summed E-state index contributed by atoms with van der Waals surface area (Å²) >= 11 is 1.87. The molecule has 0 unspecified atom stereocenters. The molecule has 0 aliphatic rings. The lowest BCUT2D eigenvalue weighted by atomic mass is 9.98. The number of rotatable bonds is 15. The third-order valence-corrected chi connectivity index (χ3v) is 31.0.